The first-order valence-electron chi connectivity index (χ1n) is 5.92. The number of nitrogens with zero attached hydrogens (tertiary/aromatic N) is 1. The van der Waals surface area contributed by atoms with E-state index in [4.69, 9.17) is 5.73 Å². The Morgan fingerprint density at radius 3 is 3.05 bits per heavy atom. The first-order valence-corrected chi connectivity index (χ1v) is 8.41. The molecule has 20 heavy (non-hydrogen) atoms. The fraction of sp³-hybridized carbons (Fsp3) is 0.333. The lowest BCUT2D eigenvalue weighted by atomic mass is 9.99. The van der Waals surface area contributed by atoms with Crippen molar-refractivity contribution < 1.29 is 4.79 Å². The predicted octanol–water partition coefficient (Wildman–Crippen LogP) is 3.46. The summed E-state index contributed by atoms with van der Waals surface area (Å²) in [5.74, 6) is -0.114. The van der Waals surface area contributed by atoms with Crippen molar-refractivity contribution in [2.75, 3.05) is 5.32 Å². The SMILES string of the molecule is Cl.N[C@H]1CCc2nc(NC(=O)c3sccc3Br)sc2C1. The smallest absolute Gasteiger partial charge is 0.268 e. The topological polar surface area (TPSA) is 68.0 Å². The fourth-order valence-corrected chi connectivity index (χ4v) is 4.61. The second-order valence-electron chi connectivity index (χ2n) is 4.44. The zero-order chi connectivity index (χ0) is 13.4. The van der Waals surface area contributed by atoms with E-state index < -0.39 is 0 Å². The Hall–Kier alpha value is -0.470. The predicted molar refractivity (Wildman–Crippen MR) is 89.3 cm³/mol. The molecule has 0 saturated carbocycles. The van der Waals surface area contributed by atoms with Gasteiger partial charge in [0.25, 0.3) is 5.91 Å². The molecule has 1 aliphatic carbocycles. The van der Waals surface area contributed by atoms with E-state index in [1.165, 1.54) is 27.6 Å². The van der Waals surface area contributed by atoms with E-state index in [-0.39, 0.29) is 24.4 Å². The van der Waals surface area contributed by atoms with Crippen LogP contribution in [0.3, 0.4) is 0 Å². The zero-order valence-corrected chi connectivity index (χ0v) is 14.4. The maximum atomic E-state index is 12.1. The zero-order valence-electron chi connectivity index (χ0n) is 10.4. The van der Waals surface area contributed by atoms with Crippen LogP contribution in [0.25, 0.3) is 0 Å². The molecule has 0 fully saturated rings. The Morgan fingerprint density at radius 1 is 1.55 bits per heavy atom. The van der Waals surface area contributed by atoms with Crippen LogP contribution in [0.2, 0.25) is 0 Å². The van der Waals surface area contributed by atoms with Crippen LogP contribution in [0.1, 0.15) is 26.7 Å². The highest BCUT2D eigenvalue weighted by Crippen LogP contribution is 2.30. The summed E-state index contributed by atoms with van der Waals surface area (Å²) < 4.78 is 0.818. The second-order valence-corrected chi connectivity index (χ2v) is 7.30. The normalized spacial score (nSPS) is 17.2. The van der Waals surface area contributed by atoms with Gasteiger partial charge in [-0.05, 0) is 46.6 Å². The maximum Gasteiger partial charge on any atom is 0.268 e. The third kappa shape index (κ3) is 3.23. The molecule has 2 aromatic heterocycles. The van der Waals surface area contributed by atoms with Gasteiger partial charge in [-0.3, -0.25) is 10.1 Å². The van der Waals surface area contributed by atoms with Crippen LogP contribution in [0.4, 0.5) is 5.13 Å². The third-order valence-corrected chi connectivity index (χ3v) is 5.89. The number of nitrogens with two attached hydrogens (primary N) is 1. The Labute approximate surface area is 139 Å². The number of aryl methyl sites for hydroxylation is 1. The molecule has 0 radical (unpaired) electrons. The molecular weight excluding hydrogens is 382 g/mol. The summed E-state index contributed by atoms with van der Waals surface area (Å²) in [6.45, 7) is 0. The molecule has 1 amide bonds. The molecule has 0 bridgehead atoms. The van der Waals surface area contributed by atoms with Crippen LogP contribution in [-0.4, -0.2) is 16.9 Å². The number of nitrogens with one attached hydrogen (secondary N) is 1. The molecule has 3 N–H and O–H groups in total. The molecule has 0 aliphatic heterocycles. The molecule has 0 aromatic carbocycles. The van der Waals surface area contributed by atoms with E-state index in [2.05, 4.69) is 26.2 Å². The van der Waals surface area contributed by atoms with Crippen molar-refractivity contribution in [3.63, 3.8) is 0 Å². The summed E-state index contributed by atoms with van der Waals surface area (Å²) >= 11 is 6.31. The fourth-order valence-electron chi connectivity index (χ4n) is 2.06. The number of thiazole rings is 1. The number of halogens is 2. The molecule has 1 atom stereocenters. The van der Waals surface area contributed by atoms with Crippen molar-refractivity contribution in [1.82, 2.24) is 4.98 Å². The summed E-state index contributed by atoms with van der Waals surface area (Å²) in [6.07, 6.45) is 2.75. The van der Waals surface area contributed by atoms with Gasteiger partial charge in [0.05, 0.1) is 5.69 Å². The van der Waals surface area contributed by atoms with Gasteiger partial charge in [-0.15, -0.1) is 35.1 Å². The molecular formula is C12H13BrClN3OS2. The molecule has 0 saturated heterocycles. The standard InChI is InChI=1S/C12H12BrN3OS2.ClH/c13-7-3-4-18-10(7)11(17)16-12-15-8-2-1-6(14)5-9(8)19-12;/h3-4,6H,1-2,5,14H2,(H,15,16,17);1H/t6-;/m0./s1. The van der Waals surface area contributed by atoms with E-state index in [1.54, 1.807) is 0 Å². The number of anilines is 1. The van der Waals surface area contributed by atoms with Gasteiger partial charge in [0.1, 0.15) is 4.88 Å². The van der Waals surface area contributed by atoms with Gasteiger partial charge in [-0.1, -0.05) is 0 Å². The van der Waals surface area contributed by atoms with Crippen LogP contribution < -0.4 is 11.1 Å². The molecule has 108 valence electrons. The number of aromatic nitrogens is 1. The number of thiophene rings is 1. The lowest BCUT2D eigenvalue weighted by Crippen LogP contribution is -2.27. The quantitative estimate of drug-likeness (QED) is 0.819. The van der Waals surface area contributed by atoms with Gasteiger partial charge in [0.15, 0.2) is 5.13 Å². The third-order valence-electron chi connectivity index (χ3n) is 3.02. The first kappa shape index (κ1) is 15.9. The van der Waals surface area contributed by atoms with E-state index in [1.807, 2.05) is 11.4 Å². The monoisotopic (exact) mass is 393 g/mol. The van der Waals surface area contributed by atoms with E-state index in [9.17, 15) is 4.79 Å². The highest BCUT2D eigenvalue weighted by atomic mass is 79.9. The average Bonchev–Trinajstić information content (AvgIpc) is 2.94. The van der Waals surface area contributed by atoms with Crippen molar-refractivity contribution in [2.45, 2.75) is 25.3 Å². The molecule has 2 heterocycles. The lowest BCUT2D eigenvalue weighted by Gasteiger charge is -2.15. The molecule has 0 unspecified atom stereocenters. The number of hydrogen-bond donors (Lipinski definition) is 2. The largest absolute Gasteiger partial charge is 0.327 e. The van der Waals surface area contributed by atoms with E-state index in [0.29, 0.717) is 10.0 Å². The van der Waals surface area contributed by atoms with Gasteiger partial charge < -0.3 is 5.73 Å². The molecule has 4 nitrogen and oxygen atoms in total. The number of fused-ring (bicyclic) bond motifs is 1. The Bertz CT molecular complexity index is 628. The van der Waals surface area contributed by atoms with Crippen molar-refractivity contribution in [2.24, 2.45) is 5.73 Å². The number of rotatable bonds is 2. The molecule has 0 spiro atoms. The average molecular weight is 395 g/mol. The molecule has 1 aliphatic rings. The summed E-state index contributed by atoms with van der Waals surface area (Å²) in [4.78, 5) is 18.4. The van der Waals surface area contributed by atoms with E-state index >= 15 is 0 Å². The summed E-state index contributed by atoms with van der Waals surface area (Å²) in [5, 5.41) is 5.42. The number of amides is 1. The van der Waals surface area contributed by atoms with Crippen molar-refractivity contribution in [3.05, 3.63) is 31.4 Å². The van der Waals surface area contributed by atoms with Crippen LogP contribution >= 0.6 is 51.0 Å². The van der Waals surface area contributed by atoms with Crippen LogP contribution in [0.15, 0.2) is 15.9 Å². The summed E-state index contributed by atoms with van der Waals surface area (Å²) in [6, 6.07) is 2.09. The van der Waals surface area contributed by atoms with Gasteiger partial charge in [0.2, 0.25) is 0 Å². The molecule has 2 aromatic rings. The minimum absolute atomic E-state index is 0. The Balaban J connectivity index is 0.00000147. The van der Waals surface area contributed by atoms with Gasteiger partial charge in [-0.25, -0.2) is 4.98 Å². The minimum Gasteiger partial charge on any atom is -0.327 e. The van der Waals surface area contributed by atoms with Crippen molar-refractivity contribution in [1.29, 1.82) is 0 Å². The number of carbonyl (C=O) groups is 1. The maximum absolute atomic E-state index is 12.1. The first-order chi connectivity index (χ1) is 9.13. The minimum atomic E-state index is -0.114. The van der Waals surface area contributed by atoms with Crippen molar-refractivity contribution >= 4 is 62.0 Å². The summed E-state index contributed by atoms with van der Waals surface area (Å²) in [7, 11) is 0. The highest BCUT2D eigenvalue weighted by molar-refractivity contribution is 9.10. The molecule has 3 rings (SSSR count). The number of hydrogen-bond acceptors (Lipinski definition) is 5. The van der Waals surface area contributed by atoms with Crippen LogP contribution in [0, 0.1) is 0 Å². The second kappa shape index (κ2) is 6.53. The van der Waals surface area contributed by atoms with Gasteiger partial charge >= 0.3 is 0 Å². The van der Waals surface area contributed by atoms with Crippen molar-refractivity contribution in [3.8, 4) is 0 Å². The van der Waals surface area contributed by atoms with Crippen LogP contribution in [-0.2, 0) is 12.8 Å². The Morgan fingerprint density at radius 2 is 2.35 bits per heavy atom. The van der Waals surface area contributed by atoms with Gasteiger partial charge in [0, 0.05) is 15.4 Å². The van der Waals surface area contributed by atoms with Crippen LogP contribution in [0.5, 0.6) is 0 Å². The summed E-state index contributed by atoms with van der Waals surface area (Å²) in [5.41, 5.74) is 7.03. The van der Waals surface area contributed by atoms with E-state index in [0.717, 1.165) is 29.4 Å². The highest BCUT2D eigenvalue weighted by Gasteiger charge is 2.21. The lowest BCUT2D eigenvalue weighted by molar-refractivity contribution is 0.103. The number of carbonyl (C=O) groups excluding carboxylic acids is 1. The Kier molecular flexibility index (Phi) is 5.19. The van der Waals surface area contributed by atoms with Gasteiger partial charge in [-0.2, -0.15) is 0 Å². The molecule has 8 heteroatoms.